The van der Waals surface area contributed by atoms with Gasteiger partial charge in [0.1, 0.15) is 0 Å². The zero-order valence-electron chi connectivity index (χ0n) is 17.3. The molecule has 2 aliphatic heterocycles. The van der Waals surface area contributed by atoms with E-state index in [1.165, 1.54) is 42.4 Å². The molecule has 0 bridgehead atoms. The molecule has 29 heavy (non-hydrogen) atoms. The van der Waals surface area contributed by atoms with Crippen LogP contribution in [0.4, 0.5) is 0 Å². The normalized spacial score (nSPS) is 24.6. The van der Waals surface area contributed by atoms with Gasteiger partial charge < -0.3 is 4.90 Å². The van der Waals surface area contributed by atoms with Gasteiger partial charge in [0, 0.05) is 18.5 Å². The van der Waals surface area contributed by atoms with Crippen LogP contribution in [0.25, 0.3) is 0 Å². The molecule has 2 heterocycles. The quantitative estimate of drug-likeness (QED) is 0.694. The number of likely N-dealkylation sites (tertiary alicyclic amines) is 1. The molecule has 0 radical (unpaired) electrons. The number of benzene rings is 2. The van der Waals surface area contributed by atoms with Crippen molar-refractivity contribution >= 4 is 6.41 Å². The van der Waals surface area contributed by atoms with E-state index in [9.17, 15) is 4.79 Å². The molecule has 1 spiro atoms. The summed E-state index contributed by atoms with van der Waals surface area (Å²) in [5, 5.41) is 0. The lowest BCUT2D eigenvalue weighted by atomic mass is 9.66. The lowest BCUT2D eigenvalue weighted by Gasteiger charge is -2.52. The lowest BCUT2D eigenvalue weighted by molar-refractivity contribution is -0.124. The van der Waals surface area contributed by atoms with Crippen LogP contribution in [0.15, 0.2) is 54.6 Å². The minimum absolute atomic E-state index is 0.125. The van der Waals surface area contributed by atoms with Crippen molar-refractivity contribution < 1.29 is 4.79 Å². The highest BCUT2D eigenvalue weighted by atomic mass is 16.1. The van der Waals surface area contributed by atoms with Crippen LogP contribution in [0.2, 0.25) is 0 Å². The average Bonchev–Trinajstić information content (AvgIpc) is 3.30. The van der Waals surface area contributed by atoms with Crippen molar-refractivity contribution in [2.45, 2.75) is 56.5 Å². The van der Waals surface area contributed by atoms with Gasteiger partial charge in [0.25, 0.3) is 0 Å². The Balaban J connectivity index is 1.40. The van der Waals surface area contributed by atoms with Gasteiger partial charge in [0.05, 0.1) is 6.04 Å². The molecule has 2 fully saturated rings. The van der Waals surface area contributed by atoms with Crippen molar-refractivity contribution in [3.63, 3.8) is 0 Å². The van der Waals surface area contributed by atoms with Crippen LogP contribution in [0.3, 0.4) is 0 Å². The molecule has 5 rings (SSSR count). The third kappa shape index (κ3) is 3.50. The Morgan fingerprint density at radius 1 is 0.931 bits per heavy atom. The SMILES string of the molecule is O=CN1CC2(CCN(Cc3ccccc3)CC2)c2ccccc2C1C1CCCC1. The zero-order chi connectivity index (χ0) is 19.7. The summed E-state index contributed by atoms with van der Waals surface area (Å²) in [5.74, 6) is 0.636. The van der Waals surface area contributed by atoms with E-state index >= 15 is 0 Å². The number of carbonyl (C=O) groups excluding carboxylic acids is 1. The number of amides is 1. The average molecular weight is 389 g/mol. The number of nitrogens with zero attached hydrogens (tertiary/aromatic N) is 2. The number of piperidine rings is 1. The van der Waals surface area contributed by atoms with Gasteiger partial charge in [-0.1, -0.05) is 67.4 Å². The van der Waals surface area contributed by atoms with Gasteiger partial charge in [0.15, 0.2) is 0 Å². The number of rotatable bonds is 4. The van der Waals surface area contributed by atoms with Gasteiger partial charge >= 0.3 is 0 Å². The fraction of sp³-hybridized carbons (Fsp3) is 0.500. The predicted molar refractivity (Wildman–Crippen MR) is 117 cm³/mol. The summed E-state index contributed by atoms with van der Waals surface area (Å²) < 4.78 is 0. The van der Waals surface area contributed by atoms with E-state index in [1.807, 2.05) is 0 Å². The fourth-order valence-electron chi connectivity index (χ4n) is 6.26. The first-order chi connectivity index (χ1) is 14.3. The summed E-state index contributed by atoms with van der Waals surface area (Å²) in [4.78, 5) is 16.9. The Morgan fingerprint density at radius 2 is 1.62 bits per heavy atom. The van der Waals surface area contributed by atoms with E-state index in [1.54, 1.807) is 0 Å². The summed E-state index contributed by atoms with van der Waals surface area (Å²) in [7, 11) is 0. The smallest absolute Gasteiger partial charge is 0.210 e. The van der Waals surface area contributed by atoms with E-state index in [0.29, 0.717) is 12.0 Å². The molecule has 0 N–H and O–H groups in total. The van der Waals surface area contributed by atoms with Gasteiger partial charge in [-0.25, -0.2) is 0 Å². The van der Waals surface area contributed by atoms with Crippen molar-refractivity contribution in [1.82, 2.24) is 9.80 Å². The van der Waals surface area contributed by atoms with E-state index in [4.69, 9.17) is 0 Å². The highest BCUT2D eigenvalue weighted by Crippen LogP contribution is 2.50. The minimum atomic E-state index is 0.125. The van der Waals surface area contributed by atoms with Gasteiger partial charge in [0.2, 0.25) is 6.41 Å². The Hall–Kier alpha value is -2.13. The second kappa shape index (κ2) is 7.95. The van der Waals surface area contributed by atoms with Crippen LogP contribution in [0, 0.1) is 5.92 Å². The number of fused-ring (bicyclic) bond motifs is 2. The molecule has 1 unspecified atom stereocenters. The second-order valence-electron chi connectivity index (χ2n) is 9.40. The highest BCUT2D eigenvalue weighted by molar-refractivity contribution is 5.54. The van der Waals surface area contributed by atoms with Crippen molar-refractivity contribution in [2.75, 3.05) is 19.6 Å². The summed E-state index contributed by atoms with van der Waals surface area (Å²) in [6.07, 6.45) is 8.59. The van der Waals surface area contributed by atoms with Crippen LogP contribution in [0.1, 0.15) is 61.3 Å². The third-order valence-corrected chi connectivity index (χ3v) is 7.74. The monoisotopic (exact) mass is 388 g/mol. The van der Waals surface area contributed by atoms with Crippen LogP contribution in [0.5, 0.6) is 0 Å². The zero-order valence-corrected chi connectivity index (χ0v) is 17.3. The van der Waals surface area contributed by atoms with E-state index in [0.717, 1.165) is 45.4 Å². The van der Waals surface area contributed by atoms with Crippen LogP contribution < -0.4 is 0 Å². The maximum atomic E-state index is 12.2. The molecular formula is C26H32N2O. The lowest BCUT2D eigenvalue weighted by Crippen LogP contribution is -2.53. The summed E-state index contributed by atoms with van der Waals surface area (Å²) in [6.45, 7) is 4.13. The summed E-state index contributed by atoms with van der Waals surface area (Å²) in [6, 6.07) is 20.1. The van der Waals surface area contributed by atoms with E-state index in [-0.39, 0.29) is 5.41 Å². The molecule has 2 aromatic carbocycles. The molecule has 3 nitrogen and oxygen atoms in total. The molecule has 1 saturated heterocycles. The molecule has 1 atom stereocenters. The van der Waals surface area contributed by atoms with E-state index < -0.39 is 0 Å². The van der Waals surface area contributed by atoms with Gasteiger partial charge in [-0.15, -0.1) is 0 Å². The predicted octanol–water partition coefficient (Wildman–Crippen LogP) is 4.92. The number of carbonyl (C=O) groups is 1. The summed E-state index contributed by atoms with van der Waals surface area (Å²) in [5.41, 5.74) is 4.49. The first-order valence-corrected chi connectivity index (χ1v) is 11.4. The highest BCUT2D eigenvalue weighted by Gasteiger charge is 2.46. The molecule has 0 aromatic heterocycles. The first kappa shape index (κ1) is 18.9. The largest absolute Gasteiger partial charge is 0.337 e. The number of hydrogen-bond donors (Lipinski definition) is 0. The Labute approximate surface area is 174 Å². The second-order valence-corrected chi connectivity index (χ2v) is 9.40. The Bertz CT molecular complexity index is 835. The molecule has 1 amide bonds. The Kier molecular flexibility index (Phi) is 5.17. The van der Waals surface area contributed by atoms with Crippen molar-refractivity contribution in [3.05, 3.63) is 71.3 Å². The fourth-order valence-corrected chi connectivity index (χ4v) is 6.26. The van der Waals surface area contributed by atoms with Crippen LogP contribution >= 0.6 is 0 Å². The topological polar surface area (TPSA) is 23.6 Å². The number of hydrogen-bond acceptors (Lipinski definition) is 2. The third-order valence-electron chi connectivity index (χ3n) is 7.74. The molecule has 152 valence electrons. The van der Waals surface area contributed by atoms with Crippen molar-refractivity contribution in [1.29, 1.82) is 0 Å². The van der Waals surface area contributed by atoms with Crippen molar-refractivity contribution in [3.8, 4) is 0 Å². The molecule has 1 aliphatic carbocycles. The van der Waals surface area contributed by atoms with Gasteiger partial charge in [-0.2, -0.15) is 0 Å². The van der Waals surface area contributed by atoms with Crippen LogP contribution in [-0.4, -0.2) is 35.8 Å². The molecule has 1 saturated carbocycles. The van der Waals surface area contributed by atoms with Crippen LogP contribution in [-0.2, 0) is 16.8 Å². The van der Waals surface area contributed by atoms with Gasteiger partial charge in [-0.3, -0.25) is 9.69 Å². The molecule has 3 heteroatoms. The first-order valence-electron chi connectivity index (χ1n) is 11.4. The maximum Gasteiger partial charge on any atom is 0.210 e. The standard InChI is InChI=1S/C26H32N2O/c29-20-28-19-26(14-16-27(17-15-26)18-21-8-2-1-3-9-21)24-13-7-6-12-23(24)25(28)22-10-4-5-11-22/h1-3,6-9,12-13,20,22,25H,4-5,10-11,14-19H2. The van der Waals surface area contributed by atoms with Gasteiger partial charge in [-0.05, 0) is 61.4 Å². The minimum Gasteiger partial charge on any atom is -0.337 e. The molecule has 3 aliphatic rings. The maximum absolute atomic E-state index is 12.2. The summed E-state index contributed by atoms with van der Waals surface area (Å²) >= 11 is 0. The molecular weight excluding hydrogens is 356 g/mol. The van der Waals surface area contributed by atoms with E-state index in [2.05, 4.69) is 64.4 Å². The molecule has 2 aromatic rings. The Morgan fingerprint density at radius 3 is 2.34 bits per heavy atom. The van der Waals surface area contributed by atoms with Crippen molar-refractivity contribution in [2.24, 2.45) is 5.92 Å².